The highest BCUT2D eigenvalue weighted by Crippen LogP contribution is 2.60. The van der Waals surface area contributed by atoms with Crippen LogP contribution in [0.3, 0.4) is 0 Å². The van der Waals surface area contributed by atoms with E-state index in [4.69, 9.17) is 0 Å². The van der Waals surface area contributed by atoms with E-state index in [9.17, 15) is 10.2 Å². The first kappa shape index (κ1) is 21.1. The Labute approximate surface area is 167 Å². The molecule has 154 valence electrons. The summed E-state index contributed by atoms with van der Waals surface area (Å²) >= 11 is 0. The molecule has 7 atom stereocenters. The van der Waals surface area contributed by atoms with Gasteiger partial charge >= 0.3 is 0 Å². The van der Waals surface area contributed by atoms with Gasteiger partial charge < -0.3 is 10.2 Å². The van der Waals surface area contributed by atoms with Crippen molar-refractivity contribution in [2.45, 2.75) is 97.7 Å². The summed E-state index contributed by atoms with van der Waals surface area (Å²) in [4.78, 5) is 0. The van der Waals surface area contributed by atoms with Crippen LogP contribution in [0.2, 0.25) is 0 Å². The molecule has 0 heterocycles. The van der Waals surface area contributed by atoms with Crippen molar-refractivity contribution in [3.05, 3.63) is 23.8 Å². The van der Waals surface area contributed by atoms with Gasteiger partial charge in [-0.15, -0.1) is 0 Å². The highest BCUT2D eigenvalue weighted by molar-refractivity contribution is 5.20. The van der Waals surface area contributed by atoms with E-state index in [0.29, 0.717) is 35.0 Å². The molecule has 2 fully saturated rings. The smallest absolute Gasteiger partial charge is 0.0656 e. The maximum Gasteiger partial charge on any atom is 0.0656 e. The lowest BCUT2D eigenvalue weighted by Crippen LogP contribution is -2.43. The van der Waals surface area contributed by atoms with Gasteiger partial charge in [0, 0.05) is 0 Å². The van der Waals surface area contributed by atoms with Gasteiger partial charge in [0.25, 0.3) is 0 Å². The molecule has 0 saturated heterocycles. The number of fused-ring (bicyclic) bond motifs is 2. The van der Waals surface area contributed by atoms with Gasteiger partial charge in [0.15, 0.2) is 0 Å². The number of hydrogen-bond acceptors (Lipinski definition) is 2. The van der Waals surface area contributed by atoms with E-state index in [2.05, 4.69) is 47.3 Å². The third-order valence-electron chi connectivity index (χ3n) is 8.38. The second kappa shape index (κ2) is 7.67. The van der Waals surface area contributed by atoms with Crippen molar-refractivity contribution < 1.29 is 10.2 Å². The molecule has 0 aliphatic heterocycles. The summed E-state index contributed by atoms with van der Waals surface area (Å²) in [6.45, 7) is 15.6. The van der Waals surface area contributed by atoms with Crippen molar-refractivity contribution in [1.82, 2.24) is 0 Å². The molecule has 0 aromatic carbocycles. The molecule has 2 N–H and O–H groups in total. The summed E-state index contributed by atoms with van der Waals surface area (Å²) in [6, 6.07) is 0. The van der Waals surface area contributed by atoms with Gasteiger partial charge in [-0.3, -0.25) is 0 Å². The average molecular weight is 375 g/mol. The molecule has 0 aromatic heterocycles. The topological polar surface area (TPSA) is 40.5 Å². The molecular formula is C25H42O2. The van der Waals surface area contributed by atoms with Crippen LogP contribution in [0.15, 0.2) is 23.8 Å². The molecule has 3 rings (SSSR count). The Morgan fingerprint density at radius 1 is 1.22 bits per heavy atom. The van der Waals surface area contributed by atoms with Crippen molar-refractivity contribution in [3.63, 3.8) is 0 Å². The lowest BCUT2D eigenvalue weighted by Gasteiger charge is -2.46. The Hall–Kier alpha value is -0.600. The van der Waals surface area contributed by atoms with Crippen molar-refractivity contribution in [1.29, 1.82) is 0 Å². The largest absolute Gasteiger partial charge is 0.393 e. The maximum absolute atomic E-state index is 11.2. The molecule has 2 nitrogen and oxygen atoms in total. The van der Waals surface area contributed by atoms with Crippen LogP contribution in [-0.2, 0) is 0 Å². The van der Waals surface area contributed by atoms with Gasteiger partial charge in [0.1, 0.15) is 0 Å². The summed E-state index contributed by atoms with van der Waals surface area (Å²) in [5.41, 5.74) is 2.53. The minimum absolute atomic E-state index is 0.259. The van der Waals surface area contributed by atoms with Gasteiger partial charge in [-0.05, 0) is 100 Å². The molecule has 0 radical (unpaired) electrons. The van der Waals surface area contributed by atoms with Gasteiger partial charge in [-0.1, -0.05) is 44.6 Å². The molecule has 2 unspecified atom stereocenters. The maximum atomic E-state index is 11.2. The summed E-state index contributed by atoms with van der Waals surface area (Å²) in [5.74, 6) is 2.55. The lowest BCUT2D eigenvalue weighted by molar-refractivity contribution is -0.0549. The molecular weight excluding hydrogens is 332 g/mol. The van der Waals surface area contributed by atoms with Gasteiger partial charge in [0.05, 0.1) is 11.7 Å². The highest BCUT2D eigenvalue weighted by atomic mass is 16.3. The van der Waals surface area contributed by atoms with Crippen molar-refractivity contribution in [3.8, 4) is 0 Å². The van der Waals surface area contributed by atoms with E-state index >= 15 is 0 Å². The molecule has 0 amide bonds. The van der Waals surface area contributed by atoms with Crippen LogP contribution in [0, 0.1) is 35.0 Å². The quantitative estimate of drug-likeness (QED) is 0.589. The van der Waals surface area contributed by atoms with E-state index in [-0.39, 0.29) is 6.10 Å². The number of rotatable bonds is 5. The van der Waals surface area contributed by atoms with E-state index < -0.39 is 5.60 Å². The number of aliphatic hydroxyl groups excluding tert-OH is 1. The molecule has 0 bridgehead atoms. The molecule has 0 aromatic rings. The Kier molecular flexibility index (Phi) is 6.00. The predicted octanol–water partition coefficient (Wildman–Crippen LogP) is 5.89. The van der Waals surface area contributed by atoms with Crippen LogP contribution < -0.4 is 0 Å². The first-order valence-electron chi connectivity index (χ1n) is 11.3. The Morgan fingerprint density at radius 2 is 1.93 bits per heavy atom. The van der Waals surface area contributed by atoms with Crippen molar-refractivity contribution in [2.75, 3.05) is 0 Å². The standard InChI is InChI=1S/C25H42O2/c1-16(2)13-19(26)14-18(4)20-9-11-24(5)15-21-17(3)7-8-23(21)25(6,27)12-10-22(20)24/h7,16,19-23,26-27H,4,8-15H2,1-3,5-6H3/t19?,20-,21-,22+,23+,24-,25?/m1/s1. The molecule has 2 saturated carbocycles. The second-order valence-corrected chi connectivity index (χ2v) is 11.0. The number of aliphatic hydroxyl groups is 2. The normalized spacial score (nSPS) is 42.9. The van der Waals surface area contributed by atoms with Crippen molar-refractivity contribution >= 4 is 0 Å². The van der Waals surface area contributed by atoms with E-state index in [1.807, 2.05) is 0 Å². The monoisotopic (exact) mass is 374 g/mol. The van der Waals surface area contributed by atoms with Gasteiger partial charge in [-0.25, -0.2) is 0 Å². The summed E-state index contributed by atoms with van der Waals surface area (Å²) in [5, 5.41) is 21.7. The zero-order valence-electron chi connectivity index (χ0n) is 18.3. The molecule has 27 heavy (non-hydrogen) atoms. The number of allylic oxidation sites excluding steroid dienone is 2. The molecule has 3 aliphatic rings. The van der Waals surface area contributed by atoms with E-state index in [1.54, 1.807) is 0 Å². The third kappa shape index (κ3) is 4.22. The summed E-state index contributed by atoms with van der Waals surface area (Å²) in [6.07, 6.45) is 10.4. The van der Waals surface area contributed by atoms with E-state index in [1.165, 1.54) is 30.4 Å². The molecule has 3 aliphatic carbocycles. The van der Waals surface area contributed by atoms with Gasteiger partial charge in [0.2, 0.25) is 0 Å². The first-order chi connectivity index (χ1) is 12.5. The lowest BCUT2D eigenvalue weighted by atomic mass is 9.60. The fourth-order valence-corrected chi connectivity index (χ4v) is 6.80. The zero-order chi connectivity index (χ0) is 20.0. The van der Waals surface area contributed by atoms with Crippen LogP contribution in [0.5, 0.6) is 0 Å². The van der Waals surface area contributed by atoms with Crippen LogP contribution >= 0.6 is 0 Å². The first-order valence-corrected chi connectivity index (χ1v) is 11.3. The summed E-state index contributed by atoms with van der Waals surface area (Å²) in [7, 11) is 0. The van der Waals surface area contributed by atoms with Crippen molar-refractivity contribution in [2.24, 2.45) is 35.0 Å². The third-order valence-corrected chi connectivity index (χ3v) is 8.38. The molecule has 2 heteroatoms. The number of hydrogen-bond donors (Lipinski definition) is 2. The average Bonchev–Trinajstić information content (AvgIpc) is 3.05. The Morgan fingerprint density at radius 3 is 2.59 bits per heavy atom. The zero-order valence-corrected chi connectivity index (χ0v) is 18.3. The minimum Gasteiger partial charge on any atom is -0.393 e. The Balaban J connectivity index is 1.77. The Bertz CT molecular complexity index is 587. The van der Waals surface area contributed by atoms with Crippen LogP contribution in [0.4, 0.5) is 0 Å². The van der Waals surface area contributed by atoms with Gasteiger partial charge in [-0.2, -0.15) is 0 Å². The predicted molar refractivity (Wildman–Crippen MR) is 113 cm³/mol. The molecule has 0 spiro atoms. The fourth-order valence-electron chi connectivity index (χ4n) is 6.80. The fraction of sp³-hybridized carbons (Fsp3) is 0.840. The minimum atomic E-state index is -0.564. The second-order valence-electron chi connectivity index (χ2n) is 11.0. The van der Waals surface area contributed by atoms with Crippen LogP contribution in [0.25, 0.3) is 0 Å². The van der Waals surface area contributed by atoms with Crippen LogP contribution in [-0.4, -0.2) is 21.9 Å². The summed E-state index contributed by atoms with van der Waals surface area (Å²) < 4.78 is 0. The SMILES string of the molecule is C=C(CC(O)CC(C)C)[C@H]1CC[C@]2(C)C[C@@H]3C(C)=CC[C@@H]3C(C)(O)CC[C@@H]12. The van der Waals surface area contributed by atoms with E-state index in [0.717, 1.165) is 32.1 Å². The van der Waals surface area contributed by atoms with Crippen LogP contribution in [0.1, 0.15) is 86.0 Å². The highest BCUT2D eigenvalue weighted by Gasteiger charge is 2.52.